The first-order valence-electron chi connectivity index (χ1n) is 7.69. The van der Waals surface area contributed by atoms with Crippen molar-refractivity contribution in [3.05, 3.63) is 0 Å². The van der Waals surface area contributed by atoms with E-state index < -0.39 is 0 Å². The zero-order valence-corrected chi connectivity index (χ0v) is 12.7. The van der Waals surface area contributed by atoms with Crippen molar-refractivity contribution in [2.24, 2.45) is 5.92 Å². The Balaban J connectivity index is 2.38. The molecule has 0 aromatic rings. The fourth-order valence-corrected chi connectivity index (χ4v) is 2.79. The van der Waals surface area contributed by atoms with Gasteiger partial charge in [0.05, 0.1) is 0 Å². The van der Waals surface area contributed by atoms with Gasteiger partial charge in [-0.25, -0.2) is 0 Å². The number of ether oxygens (including phenoxy) is 1. The molecular formula is C15H32N2O. The van der Waals surface area contributed by atoms with E-state index in [-0.39, 0.29) is 0 Å². The molecule has 1 rings (SSSR count). The molecule has 1 aliphatic heterocycles. The van der Waals surface area contributed by atoms with E-state index in [1.165, 1.54) is 38.8 Å². The molecule has 0 amide bonds. The molecule has 0 aromatic heterocycles. The molecule has 0 bridgehead atoms. The summed E-state index contributed by atoms with van der Waals surface area (Å²) >= 11 is 0. The Hall–Kier alpha value is -0.120. The van der Waals surface area contributed by atoms with Crippen molar-refractivity contribution in [2.75, 3.05) is 33.4 Å². The van der Waals surface area contributed by atoms with Gasteiger partial charge in [0.15, 0.2) is 0 Å². The largest absolute Gasteiger partial charge is 0.385 e. The second-order valence-electron chi connectivity index (χ2n) is 5.66. The summed E-state index contributed by atoms with van der Waals surface area (Å²) in [5.74, 6) is 0.782. The third kappa shape index (κ3) is 4.87. The molecule has 0 aromatic carbocycles. The first-order valence-corrected chi connectivity index (χ1v) is 7.69. The zero-order valence-electron chi connectivity index (χ0n) is 12.7. The van der Waals surface area contributed by atoms with Crippen LogP contribution in [0.25, 0.3) is 0 Å². The maximum absolute atomic E-state index is 5.13. The smallest absolute Gasteiger partial charge is 0.0462 e. The van der Waals surface area contributed by atoms with E-state index >= 15 is 0 Å². The number of methoxy groups -OCH3 is 1. The second kappa shape index (κ2) is 8.89. The average Bonchev–Trinajstić information content (AvgIpc) is 2.42. The van der Waals surface area contributed by atoms with Crippen LogP contribution in [0.2, 0.25) is 0 Å². The van der Waals surface area contributed by atoms with Gasteiger partial charge < -0.3 is 10.1 Å². The van der Waals surface area contributed by atoms with Gasteiger partial charge in [-0.3, -0.25) is 4.90 Å². The number of unbranched alkanes of at least 4 members (excludes halogenated alkanes) is 1. The summed E-state index contributed by atoms with van der Waals surface area (Å²) in [5.41, 5.74) is 0. The SMILES string of the molecule is CCC(C)C1CN(CCCCOC)C(CC)CN1. The standard InChI is InChI=1S/C15H32N2O/c1-5-13(3)15-12-17(9-7-8-10-18-4)14(6-2)11-16-15/h13-16H,5-12H2,1-4H3. The molecule has 1 aliphatic rings. The van der Waals surface area contributed by atoms with Crippen molar-refractivity contribution < 1.29 is 4.74 Å². The molecule has 0 aliphatic carbocycles. The molecule has 3 heteroatoms. The Kier molecular flexibility index (Phi) is 7.87. The zero-order chi connectivity index (χ0) is 13.4. The van der Waals surface area contributed by atoms with Crippen molar-refractivity contribution in [1.29, 1.82) is 0 Å². The van der Waals surface area contributed by atoms with Crippen molar-refractivity contribution in [2.45, 2.75) is 58.5 Å². The topological polar surface area (TPSA) is 24.5 Å². The van der Waals surface area contributed by atoms with Crippen LogP contribution in [-0.2, 0) is 4.74 Å². The van der Waals surface area contributed by atoms with Crippen molar-refractivity contribution in [1.82, 2.24) is 10.2 Å². The minimum Gasteiger partial charge on any atom is -0.385 e. The lowest BCUT2D eigenvalue weighted by Crippen LogP contribution is -2.58. The van der Waals surface area contributed by atoms with E-state index in [2.05, 4.69) is 31.0 Å². The summed E-state index contributed by atoms with van der Waals surface area (Å²) in [4.78, 5) is 2.70. The molecule has 0 radical (unpaired) electrons. The van der Waals surface area contributed by atoms with Gasteiger partial charge in [-0.05, 0) is 31.7 Å². The first-order chi connectivity index (χ1) is 8.72. The van der Waals surface area contributed by atoms with Gasteiger partial charge in [-0.1, -0.05) is 27.2 Å². The highest BCUT2D eigenvalue weighted by molar-refractivity contribution is 4.87. The number of nitrogens with one attached hydrogen (secondary N) is 1. The van der Waals surface area contributed by atoms with Gasteiger partial charge in [0.2, 0.25) is 0 Å². The Morgan fingerprint density at radius 1 is 1.33 bits per heavy atom. The predicted molar refractivity (Wildman–Crippen MR) is 78.0 cm³/mol. The molecule has 18 heavy (non-hydrogen) atoms. The van der Waals surface area contributed by atoms with Crippen LogP contribution in [0.3, 0.4) is 0 Å². The predicted octanol–water partition coefficient (Wildman–Crippen LogP) is 2.51. The monoisotopic (exact) mass is 256 g/mol. The molecule has 3 nitrogen and oxygen atoms in total. The summed E-state index contributed by atoms with van der Waals surface area (Å²) in [6.45, 7) is 11.5. The lowest BCUT2D eigenvalue weighted by Gasteiger charge is -2.42. The molecule has 3 unspecified atom stereocenters. The quantitative estimate of drug-likeness (QED) is 0.675. The third-order valence-electron chi connectivity index (χ3n) is 4.41. The van der Waals surface area contributed by atoms with Crippen molar-refractivity contribution in [3.63, 3.8) is 0 Å². The van der Waals surface area contributed by atoms with Gasteiger partial charge in [0, 0.05) is 38.9 Å². The van der Waals surface area contributed by atoms with Crippen molar-refractivity contribution >= 4 is 0 Å². The molecule has 108 valence electrons. The first kappa shape index (κ1) is 15.9. The van der Waals surface area contributed by atoms with Crippen LogP contribution in [0.15, 0.2) is 0 Å². The van der Waals surface area contributed by atoms with Gasteiger partial charge in [0.25, 0.3) is 0 Å². The van der Waals surface area contributed by atoms with Crippen LogP contribution in [0.5, 0.6) is 0 Å². The number of piperazine rings is 1. The Bertz CT molecular complexity index is 211. The molecular weight excluding hydrogens is 224 g/mol. The van der Waals surface area contributed by atoms with Crippen LogP contribution in [0, 0.1) is 5.92 Å². The van der Waals surface area contributed by atoms with E-state index in [9.17, 15) is 0 Å². The van der Waals surface area contributed by atoms with Crippen LogP contribution in [0.1, 0.15) is 46.5 Å². The van der Waals surface area contributed by atoms with Crippen molar-refractivity contribution in [3.8, 4) is 0 Å². The minimum atomic E-state index is 0.681. The van der Waals surface area contributed by atoms with Gasteiger partial charge >= 0.3 is 0 Å². The Morgan fingerprint density at radius 2 is 2.11 bits per heavy atom. The lowest BCUT2D eigenvalue weighted by atomic mass is 9.94. The van der Waals surface area contributed by atoms with E-state index in [0.717, 1.165) is 25.1 Å². The average molecular weight is 256 g/mol. The molecule has 3 atom stereocenters. The fourth-order valence-electron chi connectivity index (χ4n) is 2.79. The summed E-state index contributed by atoms with van der Waals surface area (Å²) in [7, 11) is 1.79. The molecule has 1 heterocycles. The van der Waals surface area contributed by atoms with Gasteiger partial charge in [0.1, 0.15) is 0 Å². The fraction of sp³-hybridized carbons (Fsp3) is 1.00. The number of hydrogen-bond donors (Lipinski definition) is 1. The highest BCUT2D eigenvalue weighted by atomic mass is 16.5. The maximum atomic E-state index is 5.13. The van der Waals surface area contributed by atoms with E-state index in [1.807, 2.05) is 0 Å². The van der Waals surface area contributed by atoms with Gasteiger partial charge in [-0.15, -0.1) is 0 Å². The second-order valence-corrected chi connectivity index (χ2v) is 5.66. The number of hydrogen-bond acceptors (Lipinski definition) is 3. The Morgan fingerprint density at radius 3 is 2.72 bits per heavy atom. The lowest BCUT2D eigenvalue weighted by molar-refractivity contribution is 0.100. The summed E-state index contributed by atoms with van der Waals surface area (Å²) < 4.78 is 5.13. The maximum Gasteiger partial charge on any atom is 0.0462 e. The molecule has 0 saturated carbocycles. The highest BCUT2D eigenvalue weighted by Gasteiger charge is 2.28. The number of nitrogens with zero attached hydrogens (tertiary/aromatic N) is 1. The summed E-state index contributed by atoms with van der Waals surface area (Å²) in [6, 6.07) is 1.41. The number of rotatable bonds is 8. The minimum absolute atomic E-state index is 0.681. The van der Waals surface area contributed by atoms with Crippen LogP contribution < -0.4 is 5.32 Å². The van der Waals surface area contributed by atoms with Gasteiger partial charge in [-0.2, -0.15) is 0 Å². The molecule has 1 fully saturated rings. The van der Waals surface area contributed by atoms with Crippen LogP contribution >= 0.6 is 0 Å². The normalized spacial score (nSPS) is 27.3. The summed E-state index contributed by atoms with van der Waals surface area (Å²) in [6.07, 6.45) is 4.97. The molecule has 0 spiro atoms. The van der Waals surface area contributed by atoms with E-state index in [0.29, 0.717) is 6.04 Å². The van der Waals surface area contributed by atoms with Crippen LogP contribution in [0.4, 0.5) is 0 Å². The van der Waals surface area contributed by atoms with E-state index in [4.69, 9.17) is 4.74 Å². The Labute approximate surface area is 113 Å². The molecule has 1 saturated heterocycles. The molecule has 1 N–H and O–H groups in total. The van der Waals surface area contributed by atoms with Crippen LogP contribution in [-0.4, -0.2) is 50.3 Å². The highest BCUT2D eigenvalue weighted by Crippen LogP contribution is 2.17. The summed E-state index contributed by atoms with van der Waals surface area (Å²) in [5, 5.41) is 3.74. The third-order valence-corrected chi connectivity index (χ3v) is 4.41. The van der Waals surface area contributed by atoms with E-state index in [1.54, 1.807) is 7.11 Å².